The minimum Gasteiger partial charge on any atom is -0.327 e. The lowest BCUT2D eigenvalue weighted by Gasteiger charge is -2.22. The minimum atomic E-state index is -7.33. The van der Waals surface area contributed by atoms with Gasteiger partial charge in [-0.3, -0.25) is 0 Å². The van der Waals surface area contributed by atoms with Gasteiger partial charge in [-0.05, 0) is 0 Å². The normalized spacial score (nSPS) is 15.9. The zero-order valence-corrected chi connectivity index (χ0v) is 15.7. The fourth-order valence-electron chi connectivity index (χ4n) is 0.915. The molecule has 11 nitrogen and oxygen atoms in total. The lowest BCUT2D eigenvalue weighted by molar-refractivity contribution is -0.241. The summed E-state index contributed by atoms with van der Waals surface area (Å²) in [4.78, 5) is 35.6. The van der Waals surface area contributed by atoms with Crippen LogP contribution in [-0.4, -0.2) is 59.3 Å². The smallest absolute Gasteiger partial charge is 0.327 e. The Hall–Kier alpha value is -0.540. The number of sulfonamides is 2. The Morgan fingerprint density at radius 1 is 0.690 bits per heavy atom. The Morgan fingerprint density at radius 3 is 1.34 bits per heavy atom. The van der Waals surface area contributed by atoms with Gasteiger partial charge in [-0.1, -0.05) is 0 Å². The average molecular weight is 539 g/mol. The molecule has 0 aromatic carbocycles. The van der Waals surface area contributed by atoms with Crippen molar-refractivity contribution in [3.8, 4) is 0 Å². The van der Waals surface area contributed by atoms with E-state index in [0.29, 0.717) is 0 Å². The highest BCUT2D eigenvalue weighted by Gasteiger charge is 2.69. The van der Waals surface area contributed by atoms with E-state index < -0.39 is 58.2 Å². The van der Waals surface area contributed by atoms with Crippen molar-refractivity contribution < 1.29 is 80.3 Å². The van der Waals surface area contributed by atoms with Gasteiger partial charge < -0.3 is 19.6 Å². The number of hydrogen-bond acceptors (Lipinski definition) is 4. The highest BCUT2D eigenvalue weighted by atomic mass is 32.2. The van der Waals surface area contributed by atoms with Crippen LogP contribution in [-0.2, 0) is 20.0 Å². The van der Waals surface area contributed by atoms with Gasteiger partial charge in [-0.2, -0.15) is 52.3 Å². The Balaban J connectivity index is 6.42. The molecule has 176 valence electrons. The van der Waals surface area contributed by atoms with Crippen molar-refractivity contribution in [3.63, 3.8) is 0 Å². The molecule has 0 fully saturated rings. The molecule has 0 spiro atoms. The fourth-order valence-corrected chi connectivity index (χ4v) is 7.06. The zero-order valence-electron chi connectivity index (χ0n) is 12.3. The number of nitrogens with zero attached hydrogens (tertiary/aromatic N) is 2. The average Bonchev–Trinajstić information content (AvgIpc) is 2.30. The van der Waals surface area contributed by atoms with Gasteiger partial charge in [0, 0.05) is 0 Å². The van der Waals surface area contributed by atoms with Gasteiger partial charge >= 0.3 is 48.2 Å². The summed E-state index contributed by atoms with van der Waals surface area (Å²) in [6, 6.07) is 0. The third-order valence-corrected chi connectivity index (χ3v) is 9.45. The van der Waals surface area contributed by atoms with Gasteiger partial charge in [0.2, 0.25) is 0 Å². The van der Waals surface area contributed by atoms with Crippen molar-refractivity contribution >= 4 is 35.4 Å². The first-order chi connectivity index (χ1) is 12.1. The van der Waals surface area contributed by atoms with E-state index in [1.165, 1.54) is 4.52 Å². The summed E-state index contributed by atoms with van der Waals surface area (Å²) >= 11 is 0. The molecule has 0 bridgehead atoms. The Labute approximate surface area is 152 Å². The van der Waals surface area contributed by atoms with Gasteiger partial charge in [0.25, 0.3) is 10.0 Å². The van der Waals surface area contributed by atoms with Crippen LogP contribution in [0.25, 0.3) is 0 Å². The van der Waals surface area contributed by atoms with Crippen molar-refractivity contribution in [3.05, 3.63) is 0 Å². The number of nitrogens with one attached hydrogen (secondary N) is 1. The second-order valence-electron chi connectivity index (χ2n) is 4.37. The van der Waals surface area contributed by atoms with E-state index in [4.69, 9.17) is 19.6 Å². The molecule has 0 aliphatic carbocycles. The molecule has 0 aliphatic heterocycles. The van der Waals surface area contributed by atoms with E-state index in [0.717, 1.165) is 4.15 Å². The van der Waals surface area contributed by atoms with Crippen LogP contribution < -0.4 is 4.49 Å². The maximum Gasteiger partial charge on any atom is 0.471 e. The fraction of sp³-hybridized carbons (Fsp3) is 1.00. The van der Waals surface area contributed by atoms with E-state index in [1.807, 2.05) is 0 Å². The van der Waals surface area contributed by atoms with E-state index in [2.05, 4.69) is 0 Å². The van der Waals surface area contributed by atoms with Crippen molar-refractivity contribution in [1.82, 2.24) is 4.49 Å². The summed E-state index contributed by atoms with van der Waals surface area (Å²) in [6.07, 6.45) is -13.8. The van der Waals surface area contributed by atoms with Gasteiger partial charge in [0.1, 0.15) is 0 Å². The predicted molar refractivity (Wildman–Crippen MR) is 70.6 cm³/mol. The van der Waals surface area contributed by atoms with Gasteiger partial charge in [0.15, 0.2) is 0 Å². The summed E-state index contributed by atoms with van der Waals surface area (Å²) in [5, 5.41) is -13.6. The van der Waals surface area contributed by atoms with E-state index in [1.54, 1.807) is 0 Å². The van der Waals surface area contributed by atoms with Crippen molar-refractivity contribution in [1.29, 1.82) is 0 Å². The van der Waals surface area contributed by atoms with Crippen LogP contribution in [0.5, 0.6) is 0 Å². The molecule has 0 rings (SSSR count). The number of rotatable bonds is 6. The Kier molecular flexibility index (Phi) is 7.41. The molecule has 0 heterocycles. The van der Waals surface area contributed by atoms with Gasteiger partial charge in [-0.25, -0.2) is 8.42 Å². The summed E-state index contributed by atoms with van der Waals surface area (Å²) in [5.41, 5.74) is 0. The number of alkyl halides is 10. The molecule has 0 saturated carbocycles. The molecule has 0 aromatic heterocycles. The lowest BCUT2D eigenvalue weighted by Crippen LogP contribution is -2.48. The highest BCUT2D eigenvalue weighted by Crippen LogP contribution is 2.56. The largest absolute Gasteiger partial charge is 0.471 e. The molecular formula is C4H5F10N3O8P2S2. The molecule has 0 aliphatic rings. The molecule has 25 heteroatoms. The molecule has 0 amide bonds. The first kappa shape index (κ1) is 28.5. The molecular weight excluding hydrogens is 534 g/mol. The van der Waals surface area contributed by atoms with Gasteiger partial charge in [-0.15, -0.1) is 13.2 Å². The highest BCUT2D eigenvalue weighted by molar-refractivity contribution is 7.96. The summed E-state index contributed by atoms with van der Waals surface area (Å²) in [5.74, 6) is 0. The maximum absolute atomic E-state index is 12.7. The van der Waals surface area contributed by atoms with E-state index >= 15 is 0 Å². The minimum absolute atomic E-state index is 0.309. The summed E-state index contributed by atoms with van der Waals surface area (Å²) in [6.45, 7) is 0. The van der Waals surface area contributed by atoms with Crippen LogP contribution >= 0.6 is 15.3 Å². The molecule has 0 saturated heterocycles. The van der Waals surface area contributed by atoms with Crippen LogP contribution in [0.2, 0.25) is 0 Å². The monoisotopic (exact) mass is 539 g/mol. The van der Waals surface area contributed by atoms with Crippen LogP contribution in [0.1, 0.15) is 0 Å². The number of hydrogen-bond donors (Lipinski definition) is 5. The van der Waals surface area contributed by atoms with Crippen molar-refractivity contribution in [2.75, 3.05) is 0 Å². The standard InChI is InChI=1S/C4H5F10N3O8P2S2/c5-1(6,7)3(11,12)28(22,23)16-26(18,19)15-27(20,21)17-29(24,25)4(13,14)2(8,9)10/h16,18-21H. The van der Waals surface area contributed by atoms with Crippen LogP contribution in [0.3, 0.4) is 0 Å². The predicted octanol–water partition coefficient (Wildman–Crippen LogP) is 1.41. The molecule has 5 N–H and O–H groups in total. The second-order valence-corrected chi connectivity index (χ2v) is 11.7. The van der Waals surface area contributed by atoms with Gasteiger partial charge in [0.05, 0.1) is 0 Å². The summed E-state index contributed by atoms with van der Waals surface area (Å²) < 4.78 is 169. The Morgan fingerprint density at radius 2 is 1.03 bits per heavy atom. The molecule has 29 heavy (non-hydrogen) atoms. The van der Waals surface area contributed by atoms with E-state index in [-0.39, 0.29) is 4.49 Å². The lowest BCUT2D eigenvalue weighted by atomic mass is 10.7. The summed E-state index contributed by atoms with van der Waals surface area (Å²) in [7, 11) is -27.8. The zero-order chi connectivity index (χ0) is 24.1. The Bertz CT molecular complexity index is 956. The third-order valence-electron chi connectivity index (χ3n) is 2.03. The second kappa shape index (κ2) is 7.55. The van der Waals surface area contributed by atoms with Crippen molar-refractivity contribution in [2.45, 2.75) is 22.9 Å². The van der Waals surface area contributed by atoms with E-state index in [9.17, 15) is 60.7 Å². The van der Waals surface area contributed by atoms with Crippen LogP contribution in [0.15, 0.2) is 8.67 Å². The van der Waals surface area contributed by atoms with Crippen molar-refractivity contribution in [2.24, 2.45) is 8.67 Å². The SMILES string of the molecule is O=S(=O)(N=P(O)(O)N=P(O)(O)NS(=O)(=O)C(F)(F)C(F)(F)F)C(F)(F)C(F)(F)F. The number of halogens is 10. The molecule has 0 radical (unpaired) electrons. The molecule has 0 aromatic rings. The molecule has 0 atom stereocenters. The topological polar surface area (TPSA) is 186 Å². The maximum atomic E-state index is 12.7. The van der Waals surface area contributed by atoms with Crippen LogP contribution in [0, 0.1) is 0 Å². The molecule has 0 unspecified atom stereocenters. The quantitative estimate of drug-likeness (QED) is 0.248. The first-order valence-electron chi connectivity index (χ1n) is 5.48. The first-order valence-corrected chi connectivity index (χ1v) is 11.6. The third kappa shape index (κ3) is 6.23. The van der Waals surface area contributed by atoms with Crippen LogP contribution in [0.4, 0.5) is 43.9 Å².